The molecule has 1 saturated carbocycles. The smallest absolute Gasteiger partial charge is 0.138 e. The van der Waals surface area contributed by atoms with Crippen molar-refractivity contribution < 1.29 is 4.74 Å². The van der Waals surface area contributed by atoms with E-state index in [4.69, 9.17) is 16.3 Å². The molecule has 1 aliphatic carbocycles. The molecular formula is C16H19BrClNO. The molecule has 4 heteroatoms. The molecule has 108 valence electrons. The number of ether oxygens (including phenoxy) is 1. The molecule has 0 spiro atoms. The molecule has 3 atom stereocenters. The third kappa shape index (κ3) is 3.90. The summed E-state index contributed by atoms with van der Waals surface area (Å²) < 4.78 is 6.98. The third-order valence-corrected chi connectivity index (χ3v) is 4.72. The summed E-state index contributed by atoms with van der Waals surface area (Å²) in [7, 11) is 0. The number of hydrogen-bond acceptors (Lipinski definition) is 2. The number of nitriles is 1. The van der Waals surface area contributed by atoms with Gasteiger partial charge in [-0.2, -0.15) is 5.26 Å². The van der Waals surface area contributed by atoms with Crippen LogP contribution in [0.2, 0.25) is 5.02 Å². The molecule has 0 aromatic heterocycles. The summed E-state index contributed by atoms with van der Waals surface area (Å²) in [6.45, 7) is 2.21. The molecule has 2 nitrogen and oxygen atoms in total. The van der Waals surface area contributed by atoms with E-state index in [0.717, 1.165) is 23.7 Å². The van der Waals surface area contributed by atoms with Gasteiger partial charge >= 0.3 is 0 Å². The van der Waals surface area contributed by atoms with Gasteiger partial charge in [0.25, 0.3) is 0 Å². The van der Waals surface area contributed by atoms with Crippen LogP contribution in [-0.4, -0.2) is 6.10 Å². The zero-order valence-corrected chi connectivity index (χ0v) is 14.0. The maximum atomic E-state index is 9.30. The van der Waals surface area contributed by atoms with E-state index in [1.807, 2.05) is 18.2 Å². The first-order valence-corrected chi connectivity index (χ1v) is 8.32. The molecule has 0 heterocycles. The van der Waals surface area contributed by atoms with Gasteiger partial charge in [0.1, 0.15) is 11.9 Å². The lowest BCUT2D eigenvalue weighted by atomic mass is 9.78. The van der Waals surface area contributed by atoms with Crippen molar-refractivity contribution in [3.05, 3.63) is 27.7 Å². The van der Waals surface area contributed by atoms with Crippen LogP contribution in [0.4, 0.5) is 0 Å². The van der Waals surface area contributed by atoms with Crippen LogP contribution in [-0.2, 0) is 0 Å². The summed E-state index contributed by atoms with van der Waals surface area (Å²) in [6.07, 6.45) is 5.39. The first-order valence-electron chi connectivity index (χ1n) is 7.15. The minimum atomic E-state index is -0.0380. The van der Waals surface area contributed by atoms with Gasteiger partial charge in [0.05, 0.1) is 17.0 Å². The van der Waals surface area contributed by atoms with E-state index in [9.17, 15) is 5.26 Å². The van der Waals surface area contributed by atoms with Crippen molar-refractivity contribution in [3.8, 4) is 11.8 Å². The van der Waals surface area contributed by atoms with Crippen LogP contribution >= 0.6 is 27.5 Å². The van der Waals surface area contributed by atoms with Gasteiger partial charge in [-0.15, -0.1) is 0 Å². The van der Waals surface area contributed by atoms with Crippen LogP contribution in [0.1, 0.15) is 39.0 Å². The monoisotopic (exact) mass is 355 g/mol. The summed E-state index contributed by atoms with van der Waals surface area (Å²) >= 11 is 9.58. The molecule has 2 rings (SSSR count). The van der Waals surface area contributed by atoms with E-state index in [1.165, 1.54) is 12.8 Å². The molecule has 0 radical (unpaired) electrons. The average Bonchev–Trinajstić information content (AvgIpc) is 2.43. The lowest BCUT2D eigenvalue weighted by Crippen LogP contribution is -2.33. The van der Waals surface area contributed by atoms with Gasteiger partial charge in [0, 0.05) is 4.47 Å². The maximum absolute atomic E-state index is 9.30. The number of hydrogen-bond donors (Lipinski definition) is 0. The SMILES string of the molecule is CCCC1CCC(C#N)C(Oc2ccc(Br)cc2Cl)C1. The summed E-state index contributed by atoms with van der Waals surface area (Å²) in [5, 5.41) is 9.89. The Morgan fingerprint density at radius 3 is 2.90 bits per heavy atom. The Hall–Kier alpha value is -0.720. The Labute approximate surface area is 134 Å². The Morgan fingerprint density at radius 1 is 1.45 bits per heavy atom. The normalized spacial score (nSPS) is 26.0. The summed E-state index contributed by atoms with van der Waals surface area (Å²) in [4.78, 5) is 0. The largest absolute Gasteiger partial charge is 0.487 e. The summed E-state index contributed by atoms with van der Waals surface area (Å²) in [5.41, 5.74) is 0. The molecule has 1 fully saturated rings. The second-order valence-corrected chi connectivity index (χ2v) is 6.76. The standard InChI is InChI=1S/C16H19BrClNO/c1-2-3-11-4-5-12(10-19)16(8-11)20-15-7-6-13(17)9-14(15)18/h6-7,9,11-12,16H,2-5,8H2,1H3. The minimum Gasteiger partial charge on any atom is -0.487 e. The minimum absolute atomic E-state index is 0.0252. The molecule has 0 amide bonds. The Bertz CT molecular complexity index is 500. The van der Waals surface area contributed by atoms with Crippen LogP contribution in [0.25, 0.3) is 0 Å². The van der Waals surface area contributed by atoms with E-state index in [-0.39, 0.29) is 12.0 Å². The van der Waals surface area contributed by atoms with E-state index >= 15 is 0 Å². The Balaban J connectivity index is 2.09. The van der Waals surface area contributed by atoms with Crippen LogP contribution in [0, 0.1) is 23.2 Å². The Kier molecular flexibility index (Phi) is 5.74. The van der Waals surface area contributed by atoms with Crippen molar-refractivity contribution in [2.24, 2.45) is 11.8 Å². The maximum Gasteiger partial charge on any atom is 0.138 e. The third-order valence-electron chi connectivity index (χ3n) is 3.94. The average molecular weight is 357 g/mol. The molecule has 1 aromatic carbocycles. The van der Waals surface area contributed by atoms with Crippen LogP contribution < -0.4 is 4.74 Å². The summed E-state index contributed by atoms with van der Waals surface area (Å²) in [6, 6.07) is 7.99. The molecule has 0 aliphatic heterocycles. The highest BCUT2D eigenvalue weighted by Crippen LogP contribution is 2.36. The summed E-state index contributed by atoms with van der Waals surface area (Å²) in [5.74, 6) is 1.32. The van der Waals surface area contributed by atoms with Crippen LogP contribution in [0.15, 0.2) is 22.7 Å². The van der Waals surface area contributed by atoms with E-state index in [0.29, 0.717) is 16.7 Å². The van der Waals surface area contributed by atoms with Gasteiger partial charge < -0.3 is 4.74 Å². The van der Waals surface area contributed by atoms with Crippen LogP contribution in [0.5, 0.6) is 5.75 Å². The quantitative estimate of drug-likeness (QED) is 0.704. The highest BCUT2D eigenvalue weighted by atomic mass is 79.9. The zero-order chi connectivity index (χ0) is 14.5. The lowest BCUT2D eigenvalue weighted by molar-refractivity contribution is 0.0876. The fourth-order valence-corrected chi connectivity index (χ4v) is 3.61. The number of rotatable bonds is 4. The number of nitrogens with zero attached hydrogens (tertiary/aromatic N) is 1. The number of benzene rings is 1. The van der Waals surface area contributed by atoms with Gasteiger partial charge in [-0.05, 0) is 43.4 Å². The molecule has 1 aliphatic rings. The van der Waals surface area contributed by atoms with Crippen molar-refractivity contribution in [2.45, 2.75) is 45.1 Å². The second kappa shape index (κ2) is 7.33. The van der Waals surface area contributed by atoms with Crippen molar-refractivity contribution in [2.75, 3.05) is 0 Å². The molecule has 20 heavy (non-hydrogen) atoms. The topological polar surface area (TPSA) is 33.0 Å². The lowest BCUT2D eigenvalue weighted by Gasteiger charge is -2.33. The first kappa shape index (κ1) is 15.7. The predicted molar refractivity (Wildman–Crippen MR) is 84.9 cm³/mol. The van der Waals surface area contributed by atoms with Gasteiger partial charge in [-0.25, -0.2) is 0 Å². The highest BCUT2D eigenvalue weighted by molar-refractivity contribution is 9.10. The Morgan fingerprint density at radius 2 is 2.25 bits per heavy atom. The fourth-order valence-electron chi connectivity index (χ4n) is 2.89. The molecule has 0 N–H and O–H groups in total. The van der Waals surface area contributed by atoms with Crippen molar-refractivity contribution >= 4 is 27.5 Å². The van der Waals surface area contributed by atoms with E-state index < -0.39 is 0 Å². The van der Waals surface area contributed by atoms with Gasteiger partial charge in [-0.3, -0.25) is 0 Å². The molecule has 0 saturated heterocycles. The van der Waals surface area contributed by atoms with Gasteiger partial charge in [-0.1, -0.05) is 47.3 Å². The molecule has 1 aromatic rings. The van der Waals surface area contributed by atoms with E-state index in [1.54, 1.807) is 0 Å². The first-order chi connectivity index (χ1) is 9.63. The van der Waals surface area contributed by atoms with Crippen LogP contribution in [0.3, 0.4) is 0 Å². The molecule has 3 unspecified atom stereocenters. The van der Waals surface area contributed by atoms with Crippen molar-refractivity contribution in [1.29, 1.82) is 5.26 Å². The van der Waals surface area contributed by atoms with Gasteiger partial charge in [0.15, 0.2) is 0 Å². The number of halogens is 2. The van der Waals surface area contributed by atoms with E-state index in [2.05, 4.69) is 28.9 Å². The van der Waals surface area contributed by atoms with Gasteiger partial charge in [0.2, 0.25) is 0 Å². The van der Waals surface area contributed by atoms with Crippen molar-refractivity contribution in [3.63, 3.8) is 0 Å². The highest BCUT2D eigenvalue weighted by Gasteiger charge is 2.32. The second-order valence-electron chi connectivity index (χ2n) is 5.43. The predicted octanol–water partition coefficient (Wildman–Crippen LogP) is 5.59. The molecule has 0 bridgehead atoms. The van der Waals surface area contributed by atoms with Crippen molar-refractivity contribution in [1.82, 2.24) is 0 Å². The molecular weight excluding hydrogens is 338 g/mol. The zero-order valence-electron chi connectivity index (χ0n) is 11.6. The fraction of sp³-hybridized carbons (Fsp3) is 0.562.